The largest absolute Gasteiger partial charge is 0.327 e. The lowest BCUT2D eigenvalue weighted by Crippen LogP contribution is -2.11. The molecule has 1 aromatic heterocycles. The van der Waals surface area contributed by atoms with Crippen molar-refractivity contribution < 1.29 is 0 Å². The highest BCUT2D eigenvalue weighted by Crippen LogP contribution is 2.17. The molecule has 1 N–H and O–H groups in total. The van der Waals surface area contributed by atoms with Crippen LogP contribution in [-0.4, -0.2) is 16.6 Å². The van der Waals surface area contributed by atoms with Crippen molar-refractivity contribution in [2.75, 3.05) is 7.05 Å². The van der Waals surface area contributed by atoms with Gasteiger partial charge in [0.1, 0.15) is 5.82 Å². The molecular weight excluding hydrogens is 186 g/mol. The maximum absolute atomic E-state index is 4.63. The molecule has 0 spiro atoms. The molecule has 1 aromatic carbocycles. The molecule has 0 aliphatic carbocycles. The third kappa shape index (κ3) is 1.75. The van der Waals surface area contributed by atoms with Gasteiger partial charge in [-0.15, -0.1) is 0 Å². The molecule has 3 heteroatoms. The molecule has 2 aromatic rings. The number of imidazole rings is 1. The van der Waals surface area contributed by atoms with E-state index in [0.717, 1.165) is 24.4 Å². The van der Waals surface area contributed by atoms with Crippen molar-refractivity contribution in [3.63, 3.8) is 0 Å². The Morgan fingerprint density at radius 3 is 2.87 bits per heavy atom. The van der Waals surface area contributed by atoms with Crippen molar-refractivity contribution in [3.05, 3.63) is 29.6 Å². The first kappa shape index (κ1) is 10.2. The second-order valence-electron chi connectivity index (χ2n) is 3.79. The molecule has 80 valence electrons. The highest BCUT2D eigenvalue weighted by molar-refractivity contribution is 5.76. The topological polar surface area (TPSA) is 29.9 Å². The number of aryl methyl sites for hydroxylation is 2. The van der Waals surface area contributed by atoms with Crippen LogP contribution in [0.4, 0.5) is 0 Å². The molecule has 0 fully saturated rings. The number of hydrogen-bond acceptors (Lipinski definition) is 2. The summed E-state index contributed by atoms with van der Waals surface area (Å²) in [6.45, 7) is 6.04. The van der Waals surface area contributed by atoms with Crippen LogP contribution in [0.2, 0.25) is 0 Å². The Morgan fingerprint density at radius 2 is 2.20 bits per heavy atom. The van der Waals surface area contributed by atoms with Gasteiger partial charge in [0.2, 0.25) is 0 Å². The van der Waals surface area contributed by atoms with E-state index in [1.54, 1.807) is 0 Å². The van der Waals surface area contributed by atoms with Gasteiger partial charge in [-0.2, -0.15) is 0 Å². The monoisotopic (exact) mass is 203 g/mol. The molecular formula is C12H17N3. The van der Waals surface area contributed by atoms with Gasteiger partial charge in [-0.05, 0) is 38.6 Å². The Bertz CT molecular complexity index is 471. The lowest BCUT2D eigenvalue weighted by atomic mass is 10.2. The molecule has 0 aliphatic rings. The van der Waals surface area contributed by atoms with Crippen molar-refractivity contribution in [2.45, 2.75) is 26.9 Å². The van der Waals surface area contributed by atoms with Crippen molar-refractivity contribution in [3.8, 4) is 0 Å². The fourth-order valence-electron chi connectivity index (χ4n) is 1.94. The first-order valence-electron chi connectivity index (χ1n) is 5.36. The van der Waals surface area contributed by atoms with Gasteiger partial charge in [-0.1, -0.05) is 6.07 Å². The Hall–Kier alpha value is -1.35. The number of aromatic nitrogens is 2. The van der Waals surface area contributed by atoms with E-state index in [-0.39, 0.29) is 0 Å². The van der Waals surface area contributed by atoms with E-state index < -0.39 is 0 Å². The lowest BCUT2D eigenvalue weighted by molar-refractivity contribution is 0.670. The third-order valence-electron chi connectivity index (χ3n) is 2.63. The minimum atomic E-state index is 0.821. The number of nitrogens with one attached hydrogen (secondary N) is 1. The quantitative estimate of drug-likeness (QED) is 0.827. The average molecular weight is 203 g/mol. The minimum absolute atomic E-state index is 0.821. The number of benzene rings is 1. The second kappa shape index (κ2) is 4.03. The van der Waals surface area contributed by atoms with Crippen molar-refractivity contribution in [2.24, 2.45) is 0 Å². The number of nitrogens with zero attached hydrogens (tertiary/aromatic N) is 2. The number of rotatable bonds is 3. The molecule has 0 bridgehead atoms. The summed E-state index contributed by atoms with van der Waals surface area (Å²) in [5.74, 6) is 1.11. The molecule has 0 saturated carbocycles. The fraction of sp³-hybridized carbons (Fsp3) is 0.417. The van der Waals surface area contributed by atoms with Gasteiger partial charge in [0, 0.05) is 6.54 Å². The second-order valence-corrected chi connectivity index (χ2v) is 3.79. The van der Waals surface area contributed by atoms with Crippen LogP contribution in [0.25, 0.3) is 11.0 Å². The predicted molar refractivity (Wildman–Crippen MR) is 62.9 cm³/mol. The molecule has 0 radical (unpaired) electrons. The van der Waals surface area contributed by atoms with Crippen molar-refractivity contribution in [1.29, 1.82) is 0 Å². The lowest BCUT2D eigenvalue weighted by Gasteiger charge is -2.04. The normalized spacial score (nSPS) is 11.1. The Balaban J connectivity index is 2.62. The molecule has 0 saturated heterocycles. The van der Waals surface area contributed by atoms with Gasteiger partial charge in [-0.3, -0.25) is 0 Å². The highest BCUT2D eigenvalue weighted by Gasteiger charge is 2.07. The Kier molecular flexibility index (Phi) is 2.73. The molecule has 0 aliphatic heterocycles. The van der Waals surface area contributed by atoms with E-state index in [0.29, 0.717) is 0 Å². The summed E-state index contributed by atoms with van der Waals surface area (Å²) in [4.78, 5) is 4.63. The van der Waals surface area contributed by atoms with E-state index >= 15 is 0 Å². The van der Waals surface area contributed by atoms with E-state index in [2.05, 4.69) is 46.9 Å². The summed E-state index contributed by atoms with van der Waals surface area (Å²) < 4.78 is 2.26. The standard InChI is InChI=1S/C12H17N3/c1-4-15-11-6-5-9(2)7-10(11)14-12(15)8-13-3/h5-7,13H,4,8H2,1-3H3. The maximum atomic E-state index is 4.63. The summed E-state index contributed by atoms with van der Waals surface area (Å²) in [5, 5.41) is 3.15. The molecule has 2 rings (SSSR count). The van der Waals surface area contributed by atoms with Crippen LogP contribution in [0.3, 0.4) is 0 Å². The Morgan fingerprint density at radius 1 is 1.40 bits per heavy atom. The first-order valence-corrected chi connectivity index (χ1v) is 5.36. The maximum Gasteiger partial charge on any atom is 0.123 e. The smallest absolute Gasteiger partial charge is 0.123 e. The SMILES string of the molecule is CCn1c(CNC)nc2cc(C)ccc21. The molecule has 15 heavy (non-hydrogen) atoms. The molecule has 1 heterocycles. The first-order chi connectivity index (χ1) is 7.26. The highest BCUT2D eigenvalue weighted by atomic mass is 15.1. The average Bonchev–Trinajstić information content (AvgIpc) is 2.54. The van der Waals surface area contributed by atoms with Gasteiger partial charge in [-0.25, -0.2) is 4.98 Å². The van der Waals surface area contributed by atoms with Gasteiger partial charge in [0.15, 0.2) is 0 Å². The van der Waals surface area contributed by atoms with Crippen LogP contribution in [0.5, 0.6) is 0 Å². The summed E-state index contributed by atoms with van der Waals surface area (Å²) in [5.41, 5.74) is 3.59. The van der Waals surface area contributed by atoms with Gasteiger partial charge in [0.25, 0.3) is 0 Å². The van der Waals surface area contributed by atoms with Crippen LogP contribution in [0.1, 0.15) is 18.3 Å². The Labute approximate surface area is 90.1 Å². The van der Waals surface area contributed by atoms with Gasteiger partial charge < -0.3 is 9.88 Å². The number of fused-ring (bicyclic) bond motifs is 1. The van der Waals surface area contributed by atoms with E-state index in [1.165, 1.54) is 11.1 Å². The summed E-state index contributed by atoms with van der Waals surface area (Å²) >= 11 is 0. The zero-order valence-electron chi connectivity index (χ0n) is 9.54. The number of hydrogen-bond donors (Lipinski definition) is 1. The van der Waals surface area contributed by atoms with Crippen LogP contribution in [0.15, 0.2) is 18.2 Å². The van der Waals surface area contributed by atoms with E-state index in [1.807, 2.05) is 7.05 Å². The van der Waals surface area contributed by atoms with Crippen LogP contribution < -0.4 is 5.32 Å². The van der Waals surface area contributed by atoms with E-state index in [9.17, 15) is 0 Å². The molecule has 0 atom stereocenters. The van der Waals surface area contributed by atoms with Crippen molar-refractivity contribution >= 4 is 11.0 Å². The molecule has 0 unspecified atom stereocenters. The fourth-order valence-corrected chi connectivity index (χ4v) is 1.94. The zero-order valence-corrected chi connectivity index (χ0v) is 9.54. The summed E-state index contributed by atoms with van der Waals surface area (Å²) in [6.07, 6.45) is 0. The third-order valence-corrected chi connectivity index (χ3v) is 2.63. The van der Waals surface area contributed by atoms with Crippen LogP contribution in [-0.2, 0) is 13.1 Å². The van der Waals surface area contributed by atoms with Gasteiger partial charge >= 0.3 is 0 Å². The van der Waals surface area contributed by atoms with Crippen LogP contribution in [0, 0.1) is 6.92 Å². The minimum Gasteiger partial charge on any atom is -0.327 e. The molecule has 0 amide bonds. The molecule has 3 nitrogen and oxygen atoms in total. The van der Waals surface area contributed by atoms with Crippen LogP contribution >= 0.6 is 0 Å². The summed E-state index contributed by atoms with van der Waals surface area (Å²) in [6, 6.07) is 6.43. The zero-order chi connectivity index (χ0) is 10.8. The van der Waals surface area contributed by atoms with E-state index in [4.69, 9.17) is 0 Å². The predicted octanol–water partition coefficient (Wildman–Crippen LogP) is 2.08. The van der Waals surface area contributed by atoms with Gasteiger partial charge in [0.05, 0.1) is 17.6 Å². The van der Waals surface area contributed by atoms with Crippen molar-refractivity contribution in [1.82, 2.24) is 14.9 Å². The summed E-state index contributed by atoms with van der Waals surface area (Å²) in [7, 11) is 1.95.